The number of unbranched alkanes of at least 4 members (excludes halogenated alkanes) is 2. The molecule has 0 spiro atoms. The lowest BCUT2D eigenvalue weighted by Crippen LogP contribution is -1.97. The molecule has 0 saturated heterocycles. The molecule has 0 N–H and O–H groups in total. The van der Waals surface area contributed by atoms with Crippen molar-refractivity contribution in [3.63, 3.8) is 0 Å². The minimum absolute atomic E-state index is 0.619. The number of carbonyl (C=O) groups is 1. The second kappa shape index (κ2) is 11.8. The summed E-state index contributed by atoms with van der Waals surface area (Å²) >= 11 is 5.75. The maximum Gasteiger partial charge on any atom is 0.151 e. The summed E-state index contributed by atoms with van der Waals surface area (Å²) in [5.41, 5.74) is 3.15. The Morgan fingerprint density at radius 3 is 2.78 bits per heavy atom. The molecule has 0 amide bonds. The van der Waals surface area contributed by atoms with Crippen LogP contribution in [0.2, 0.25) is 0 Å². The van der Waals surface area contributed by atoms with Crippen LogP contribution in [-0.4, -0.2) is 38.7 Å². The molecule has 146 valence electrons. The normalized spacial score (nSPS) is 10.7. The Kier molecular flexibility index (Phi) is 9.80. The van der Waals surface area contributed by atoms with Crippen LogP contribution in [0.3, 0.4) is 0 Å². The molecule has 0 aliphatic rings. The first-order valence-corrected chi connectivity index (χ1v) is 12.7. The maximum atomic E-state index is 10.4. The van der Waals surface area contributed by atoms with Gasteiger partial charge in [0.25, 0.3) is 0 Å². The van der Waals surface area contributed by atoms with Gasteiger partial charge in [0.2, 0.25) is 0 Å². The number of rotatable bonds is 8. The second-order valence-corrected chi connectivity index (χ2v) is 8.32. The molecule has 0 aliphatic heterocycles. The number of fused-ring (bicyclic) bond motifs is 1. The number of methoxy groups -OCH3 is 1. The van der Waals surface area contributed by atoms with Gasteiger partial charge < -0.3 is 9.53 Å². The third kappa shape index (κ3) is 6.30. The number of hydrogen-bond acceptors (Lipinski definition) is 5. The zero-order valence-corrected chi connectivity index (χ0v) is 19.8. The Morgan fingerprint density at radius 1 is 1.33 bits per heavy atom. The highest BCUT2D eigenvalue weighted by molar-refractivity contribution is 14.2. The molecule has 0 atom stereocenters. The number of aldehydes is 1. The number of carbonyl (C=O) groups excluding carboxylic acids is 1. The van der Waals surface area contributed by atoms with E-state index in [0.717, 1.165) is 58.9 Å². The van der Waals surface area contributed by atoms with E-state index in [1.807, 2.05) is 24.0 Å². The fourth-order valence-corrected chi connectivity index (χ4v) is 4.05. The van der Waals surface area contributed by atoms with Crippen LogP contribution in [-0.2, 0) is 16.1 Å². The standard InChI is InChI=1S/C15H14BrIN4OS.C3H8O/c16-12-6-13-14(10-21(23-17)15(13)18-8-12)11-7-19-20(9-11)4-2-1-3-5-22;1-3-4-2/h5-10H,1-4H2;3H2,1-2H3. The van der Waals surface area contributed by atoms with Crippen molar-refractivity contribution in [1.82, 2.24) is 18.7 Å². The smallest absolute Gasteiger partial charge is 0.151 e. The van der Waals surface area contributed by atoms with Crippen LogP contribution in [0.15, 0.2) is 35.3 Å². The fourth-order valence-electron chi connectivity index (χ4n) is 2.46. The summed E-state index contributed by atoms with van der Waals surface area (Å²) in [5, 5.41) is 5.53. The molecule has 0 aromatic carbocycles. The van der Waals surface area contributed by atoms with Gasteiger partial charge in [-0.05, 0) is 41.8 Å². The van der Waals surface area contributed by atoms with Gasteiger partial charge in [0, 0.05) is 96.6 Å². The van der Waals surface area contributed by atoms with Gasteiger partial charge in [-0.1, -0.05) is 0 Å². The van der Waals surface area contributed by atoms with Crippen LogP contribution in [0.4, 0.5) is 0 Å². The largest absolute Gasteiger partial charge is 0.385 e. The zero-order chi connectivity index (χ0) is 19.6. The van der Waals surface area contributed by atoms with Crippen LogP contribution in [0.5, 0.6) is 0 Å². The molecular weight excluding hydrogens is 543 g/mol. The van der Waals surface area contributed by atoms with Gasteiger partial charge in [-0.25, -0.2) is 4.98 Å². The molecule has 6 nitrogen and oxygen atoms in total. The Hall–Kier alpha value is -0.910. The van der Waals surface area contributed by atoms with Gasteiger partial charge in [-0.15, -0.1) is 0 Å². The molecule has 27 heavy (non-hydrogen) atoms. The zero-order valence-electron chi connectivity index (χ0n) is 15.3. The topological polar surface area (TPSA) is 61.9 Å². The van der Waals surface area contributed by atoms with Gasteiger partial charge in [0.05, 0.1) is 6.20 Å². The summed E-state index contributed by atoms with van der Waals surface area (Å²) in [6, 6.07) is 2.09. The minimum Gasteiger partial charge on any atom is -0.385 e. The lowest BCUT2D eigenvalue weighted by molar-refractivity contribution is -0.107. The fraction of sp³-hybridized carbons (Fsp3) is 0.389. The van der Waals surface area contributed by atoms with E-state index < -0.39 is 0 Å². The highest BCUT2D eigenvalue weighted by Gasteiger charge is 2.13. The van der Waals surface area contributed by atoms with Gasteiger partial charge in [-0.3, -0.25) is 8.65 Å². The second-order valence-electron chi connectivity index (χ2n) is 5.69. The van der Waals surface area contributed by atoms with E-state index in [-0.39, 0.29) is 0 Å². The molecule has 3 aromatic rings. The SMILES string of the molecule is CCOC.O=CCCCCn1cc(-c2cn(SI)c3ncc(Br)cc23)cn1. The molecule has 9 heteroatoms. The van der Waals surface area contributed by atoms with E-state index in [2.05, 4.69) is 74.4 Å². The monoisotopic (exact) mass is 564 g/mol. The third-order valence-corrected chi connectivity index (χ3v) is 5.98. The first kappa shape index (κ1) is 22.4. The minimum atomic E-state index is 0.619. The van der Waals surface area contributed by atoms with Crippen molar-refractivity contribution < 1.29 is 9.53 Å². The lowest BCUT2D eigenvalue weighted by Gasteiger charge is -1.99. The molecule has 0 radical (unpaired) electrons. The number of ether oxygens (including phenoxy) is 1. The van der Waals surface area contributed by atoms with Gasteiger partial charge in [0.15, 0.2) is 5.65 Å². The van der Waals surface area contributed by atoms with E-state index in [0.29, 0.717) is 6.42 Å². The molecule has 0 unspecified atom stereocenters. The molecule has 0 fully saturated rings. The van der Waals surface area contributed by atoms with E-state index in [9.17, 15) is 4.79 Å². The van der Waals surface area contributed by atoms with Crippen LogP contribution in [0.1, 0.15) is 26.2 Å². The van der Waals surface area contributed by atoms with Gasteiger partial charge in [-0.2, -0.15) is 5.10 Å². The van der Waals surface area contributed by atoms with Crippen molar-refractivity contribution in [2.45, 2.75) is 32.7 Å². The number of nitrogens with zero attached hydrogens (tertiary/aromatic N) is 4. The van der Waals surface area contributed by atoms with Crippen molar-refractivity contribution in [2.75, 3.05) is 13.7 Å². The highest BCUT2D eigenvalue weighted by atomic mass is 127. The Labute approximate surface area is 183 Å². The summed E-state index contributed by atoms with van der Waals surface area (Å²) < 4.78 is 9.49. The summed E-state index contributed by atoms with van der Waals surface area (Å²) in [4.78, 5) is 14.9. The molecule has 3 rings (SSSR count). The summed E-state index contributed by atoms with van der Waals surface area (Å²) in [5.74, 6) is 0. The number of pyridine rings is 1. The summed E-state index contributed by atoms with van der Waals surface area (Å²) in [6.45, 7) is 3.61. The number of hydrogen-bond donors (Lipinski definition) is 0. The van der Waals surface area contributed by atoms with Crippen molar-refractivity contribution in [1.29, 1.82) is 0 Å². The average molecular weight is 565 g/mol. The van der Waals surface area contributed by atoms with Gasteiger partial charge >= 0.3 is 0 Å². The van der Waals surface area contributed by atoms with E-state index in [1.54, 1.807) is 16.2 Å². The summed E-state index contributed by atoms with van der Waals surface area (Å²) in [6.07, 6.45) is 11.3. The predicted molar refractivity (Wildman–Crippen MR) is 123 cm³/mol. The predicted octanol–water partition coefficient (Wildman–Crippen LogP) is 5.53. The Morgan fingerprint density at radius 2 is 2.11 bits per heavy atom. The van der Waals surface area contributed by atoms with E-state index in [1.165, 1.54) is 0 Å². The average Bonchev–Trinajstić information content (AvgIpc) is 3.29. The Balaban J connectivity index is 0.000000596. The molecule has 0 saturated carbocycles. The highest BCUT2D eigenvalue weighted by Crippen LogP contribution is 2.34. The number of aromatic nitrogens is 4. The van der Waals surface area contributed by atoms with E-state index in [4.69, 9.17) is 0 Å². The first-order valence-electron chi connectivity index (χ1n) is 8.55. The van der Waals surface area contributed by atoms with Crippen molar-refractivity contribution >= 4 is 63.6 Å². The maximum absolute atomic E-state index is 10.4. The summed E-state index contributed by atoms with van der Waals surface area (Å²) in [7, 11) is 3.27. The number of aryl methyl sites for hydroxylation is 1. The molecule has 3 aromatic heterocycles. The van der Waals surface area contributed by atoms with Crippen molar-refractivity contribution in [3.05, 3.63) is 35.3 Å². The van der Waals surface area contributed by atoms with Crippen LogP contribution in [0.25, 0.3) is 22.2 Å². The molecule has 0 bridgehead atoms. The molecular formula is C18H22BrIN4O2S. The van der Waals surface area contributed by atoms with Crippen molar-refractivity contribution in [3.8, 4) is 11.1 Å². The lowest BCUT2D eigenvalue weighted by atomic mass is 10.1. The third-order valence-electron chi connectivity index (χ3n) is 3.85. The van der Waals surface area contributed by atoms with Crippen LogP contribution in [0, 0.1) is 0 Å². The molecule has 3 heterocycles. The number of halogens is 2. The quantitative estimate of drug-likeness (QED) is 0.204. The van der Waals surface area contributed by atoms with E-state index >= 15 is 0 Å². The molecule has 0 aliphatic carbocycles. The first-order chi connectivity index (χ1) is 13.1. The van der Waals surface area contributed by atoms with Gasteiger partial charge in [0.1, 0.15) is 6.29 Å². The van der Waals surface area contributed by atoms with Crippen LogP contribution >= 0.6 is 46.3 Å². The van der Waals surface area contributed by atoms with Crippen molar-refractivity contribution in [2.24, 2.45) is 0 Å². The Bertz CT molecular complexity index is 866. The van der Waals surface area contributed by atoms with Crippen LogP contribution < -0.4 is 0 Å².